The Hall–Kier alpha value is -2.89. The molecule has 2 aromatic carbocycles. The van der Waals surface area contributed by atoms with Crippen molar-refractivity contribution in [3.63, 3.8) is 0 Å². The third-order valence-electron chi connectivity index (χ3n) is 3.90. The molecule has 23 heavy (non-hydrogen) atoms. The summed E-state index contributed by atoms with van der Waals surface area (Å²) in [5.74, 6) is -0.129. The molecule has 1 aliphatic heterocycles. The Balaban J connectivity index is 1.65. The summed E-state index contributed by atoms with van der Waals surface area (Å²) >= 11 is 0. The van der Waals surface area contributed by atoms with Gasteiger partial charge in [0.2, 0.25) is 5.91 Å². The van der Waals surface area contributed by atoms with Crippen LogP contribution in [0.4, 0.5) is 17.1 Å². The van der Waals surface area contributed by atoms with Crippen LogP contribution in [0.1, 0.15) is 12.0 Å². The molecular weight excluding hydrogens is 294 g/mol. The summed E-state index contributed by atoms with van der Waals surface area (Å²) in [5.41, 5.74) is 2.94. The maximum absolute atomic E-state index is 12.2. The van der Waals surface area contributed by atoms with Crippen molar-refractivity contribution in [2.75, 3.05) is 23.3 Å². The number of anilines is 2. The van der Waals surface area contributed by atoms with Gasteiger partial charge in [0, 0.05) is 30.1 Å². The molecule has 1 aliphatic rings. The van der Waals surface area contributed by atoms with E-state index in [1.165, 1.54) is 17.7 Å². The van der Waals surface area contributed by atoms with Crippen molar-refractivity contribution in [1.82, 2.24) is 0 Å². The molecule has 6 heteroatoms. The number of hydrogen-bond acceptors (Lipinski definition) is 4. The van der Waals surface area contributed by atoms with Crippen LogP contribution in [-0.4, -0.2) is 23.9 Å². The van der Waals surface area contributed by atoms with Crippen LogP contribution in [0.5, 0.6) is 0 Å². The minimum atomic E-state index is -0.462. The largest absolute Gasteiger partial charge is 0.362 e. The smallest absolute Gasteiger partial charge is 0.269 e. The molecule has 3 rings (SSSR count). The minimum Gasteiger partial charge on any atom is -0.362 e. The number of benzene rings is 2. The normalized spacial score (nSPS) is 13.3. The first-order valence-electron chi connectivity index (χ1n) is 7.50. The van der Waals surface area contributed by atoms with Crippen LogP contribution in [0, 0.1) is 10.1 Å². The first-order chi connectivity index (χ1) is 11.1. The van der Waals surface area contributed by atoms with E-state index in [2.05, 4.69) is 16.3 Å². The Morgan fingerprint density at radius 3 is 2.65 bits per heavy atom. The molecule has 6 nitrogen and oxygen atoms in total. The van der Waals surface area contributed by atoms with E-state index in [4.69, 9.17) is 0 Å². The Morgan fingerprint density at radius 2 is 1.91 bits per heavy atom. The van der Waals surface area contributed by atoms with Crippen molar-refractivity contribution in [2.45, 2.75) is 12.8 Å². The lowest BCUT2D eigenvalue weighted by molar-refractivity contribution is -0.384. The lowest BCUT2D eigenvalue weighted by Crippen LogP contribution is -2.36. The van der Waals surface area contributed by atoms with Crippen molar-refractivity contribution in [2.24, 2.45) is 0 Å². The summed E-state index contributed by atoms with van der Waals surface area (Å²) in [7, 11) is 0. The highest BCUT2D eigenvalue weighted by Crippen LogP contribution is 2.26. The van der Waals surface area contributed by atoms with Gasteiger partial charge in [0.05, 0.1) is 11.5 Å². The number of carbonyl (C=O) groups is 1. The lowest BCUT2D eigenvalue weighted by Gasteiger charge is -2.30. The molecule has 0 aromatic heterocycles. The predicted molar refractivity (Wildman–Crippen MR) is 88.7 cm³/mol. The number of amides is 1. The first-order valence-corrected chi connectivity index (χ1v) is 7.50. The number of nitro groups is 1. The number of rotatable bonds is 4. The molecule has 2 aromatic rings. The summed E-state index contributed by atoms with van der Waals surface area (Å²) in [6.07, 6.45) is 2.07. The van der Waals surface area contributed by atoms with Crippen LogP contribution in [0.25, 0.3) is 0 Å². The molecule has 1 N–H and O–H groups in total. The Morgan fingerprint density at radius 1 is 1.17 bits per heavy atom. The number of hydrogen-bond donors (Lipinski definition) is 1. The van der Waals surface area contributed by atoms with Crippen LogP contribution >= 0.6 is 0 Å². The number of non-ortho nitro benzene ring substituents is 1. The van der Waals surface area contributed by atoms with Crippen molar-refractivity contribution >= 4 is 23.0 Å². The minimum absolute atomic E-state index is 0.00737. The number of fused-ring (bicyclic) bond motifs is 1. The molecule has 1 amide bonds. The fraction of sp³-hybridized carbons (Fsp3) is 0.235. The van der Waals surface area contributed by atoms with E-state index >= 15 is 0 Å². The fourth-order valence-corrected chi connectivity index (χ4v) is 2.82. The van der Waals surface area contributed by atoms with Gasteiger partial charge in [-0.1, -0.05) is 18.2 Å². The molecule has 0 bridgehead atoms. The van der Waals surface area contributed by atoms with Gasteiger partial charge < -0.3 is 10.2 Å². The molecule has 0 aliphatic carbocycles. The van der Waals surface area contributed by atoms with Crippen molar-refractivity contribution in [1.29, 1.82) is 0 Å². The monoisotopic (exact) mass is 311 g/mol. The molecule has 118 valence electrons. The SMILES string of the molecule is O=C(CN1CCCc2ccccc21)Nc1ccc([N+](=O)[O-])cc1. The number of carbonyl (C=O) groups excluding carboxylic acids is 1. The number of nitrogens with one attached hydrogen (secondary N) is 1. The molecule has 0 spiro atoms. The van der Waals surface area contributed by atoms with Gasteiger partial charge in [0.1, 0.15) is 0 Å². The summed E-state index contributed by atoms with van der Waals surface area (Å²) < 4.78 is 0. The molecule has 1 heterocycles. The zero-order valence-electron chi connectivity index (χ0n) is 12.6. The van der Waals surface area contributed by atoms with Gasteiger partial charge in [-0.2, -0.15) is 0 Å². The molecule has 0 fully saturated rings. The average molecular weight is 311 g/mol. The van der Waals surface area contributed by atoms with Gasteiger partial charge in [-0.15, -0.1) is 0 Å². The zero-order chi connectivity index (χ0) is 16.2. The molecule has 0 saturated heterocycles. The van der Waals surface area contributed by atoms with E-state index in [-0.39, 0.29) is 18.1 Å². The molecule has 0 unspecified atom stereocenters. The highest BCUT2D eigenvalue weighted by Gasteiger charge is 2.18. The lowest BCUT2D eigenvalue weighted by atomic mass is 10.0. The Bertz CT molecular complexity index is 728. The second-order valence-electron chi connectivity index (χ2n) is 5.51. The predicted octanol–water partition coefficient (Wildman–Crippen LogP) is 2.99. The third-order valence-corrected chi connectivity index (χ3v) is 3.90. The zero-order valence-corrected chi connectivity index (χ0v) is 12.6. The maximum atomic E-state index is 12.2. The maximum Gasteiger partial charge on any atom is 0.269 e. The van der Waals surface area contributed by atoms with Gasteiger partial charge in [-0.05, 0) is 36.6 Å². The van der Waals surface area contributed by atoms with E-state index < -0.39 is 4.92 Å². The third kappa shape index (κ3) is 3.48. The molecular formula is C17H17N3O3. The van der Waals surface area contributed by atoms with Crippen LogP contribution in [-0.2, 0) is 11.2 Å². The number of nitro benzene ring substituents is 1. The first kappa shape index (κ1) is 15.0. The van der Waals surface area contributed by atoms with Crippen molar-refractivity contribution in [3.8, 4) is 0 Å². The average Bonchev–Trinajstić information content (AvgIpc) is 2.55. The summed E-state index contributed by atoms with van der Waals surface area (Å²) in [4.78, 5) is 24.5. The van der Waals surface area contributed by atoms with Gasteiger partial charge >= 0.3 is 0 Å². The van der Waals surface area contributed by atoms with Crippen molar-refractivity contribution in [3.05, 3.63) is 64.2 Å². The van der Waals surface area contributed by atoms with Crippen LogP contribution < -0.4 is 10.2 Å². The molecule has 0 radical (unpaired) electrons. The fourth-order valence-electron chi connectivity index (χ4n) is 2.82. The second kappa shape index (κ2) is 6.48. The second-order valence-corrected chi connectivity index (χ2v) is 5.51. The summed E-state index contributed by atoms with van der Waals surface area (Å²) in [6.45, 7) is 1.12. The van der Waals surface area contributed by atoms with Gasteiger partial charge in [0.15, 0.2) is 0 Å². The van der Waals surface area contributed by atoms with Crippen LogP contribution in [0.15, 0.2) is 48.5 Å². The van der Waals surface area contributed by atoms with Gasteiger partial charge in [-0.3, -0.25) is 14.9 Å². The number of aryl methyl sites for hydroxylation is 1. The summed E-state index contributed by atoms with van der Waals surface area (Å²) in [6, 6.07) is 14.0. The topological polar surface area (TPSA) is 75.5 Å². The van der Waals surface area contributed by atoms with Crippen LogP contribution in [0.2, 0.25) is 0 Å². The Labute approximate surface area is 133 Å². The van der Waals surface area contributed by atoms with E-state index in [9.17, 15) is 14.9 Å². The van der Waals surface area contributed by atoms with Gasteiger partial charge in [-0.25, -0.2) is 0 Å². The molecule has 0 atom stereocenters. The quantitative estimate of drug-likeness (QED) is 0.695. The molecule has 0 saturated carbocycles. The number of para-hydroxylation sites is 1. The van der Waals surface area contributed by atoms with Gasteiger partial charge in [0.25, 0.3) is 5.69 Å². The summed E-state index contributed by atoms with van der Waals surface area (Å²) in [5, 5.41) is 13.4. The highest BCUT2D eigenvalue weighted by molar-refractivity contribution is 5.94. The standard InChI is InChI=1S/C17H17N3O3/c21-17(18-14-7-9-15(10-8-14)20(22)23)12-19-11-3-5-13-4-1-2-6-16(13)19/h1-2,4,6-10H,3,5,11-12H2,(H,18,21). The van der Waals surface area contributed by atoms with E-state index in [1.807, 2.05) is 18.2 Å². The number of nitrogens with zero attached hydrogens (tertiary/aromatic N) is 2. The highest BCUT2D eigenvalue weighted by atomic mass is 16.6. The van der Waals surface area contributed by atoms with E-state index in [0.717, 1.165) is 25.1 Å². The van der Waals surface area contributed by atoms with Crippen molar-refractivity contribution < 1.29 is 9.72 Å². The Kier molecular flexibility index (Phi) is 4.23. The van der Waals surface area contributed by atoms with Crippen LogP contribution in [0.3, 0.4) is 0 Å². The van der Waals surface area contributed by atoms with E-state index in [1.54, 1.807) is 12.1 Å². The van der Waals surface area contributed by atoms with E-state index in [0.29, 0.717) is 5.69 Å².